The van der Waals surface area contributed by atoms with E-state index >= 15 is 0 Å². The zero-order valence-corrected chi connectivity index (χ0v) is 14.3. The lowest BCUT2D eigenvalue weighted by Crippen LogP contribution is -2.43. The number of aromatic nitrogens is 4. The third kappa shape index (κ3) is 4.47. The van der Waals surface area contributed by atoms with Gasteiger partial charge < -0.3 is 15.2 Å². The molecule has 2 amide bonds. The topological polar surface area (TPSA) is 76.8 Å². The molecule has 0 bridgehead atoms. The Kier molecular flexibility index (Phi) is 5.13. The van der Waals surface area contributed by atoms with Crippen molar-refractivity contribution in [3.8, 4) is 5.69 Å². The molecular formula is C18H22N6O. The van der Waals surface area contributed by atoms with E-state index in [0.717, 1.165) is 11.3 Å². The highest BCUT2D eigenvalue weighted by atomic mass is 16.2. The monoisotopic (exact) mass is 338 g/mol. The van der Waals surface area contributed by atoms with Gasteiger partial charge in [-0.15, -0.1) is 0 Å². The minimum absolute atomic E-state index is 0.00333. The van der Waals surface area contributed by atoms with Crippen molar-refractivity contribution in [1.29, 1.82) is 0 Å². The number of carbonyl (C=O) groups excluding carboxylic acids is 1. The Morgan fingerprint density at radius 2 is 1.92 bits per heavy atom. The van der Waals surface area contributed by atoms with Crippen molar-refractivity contribution < 1.29 is 4.79 Å². The van der Waals surface area contributed by atoms with Gasteiger partial charge in [-0.3, -0.25) is 0 Å². The second-order valence-corrected chi connectivity index (χ2v) is 6.04. The first-order valence-electron chi connectivity index (χ1n) is 8.24. The minimum Gasteiger partial charge on any atom is -0.335 e. The van der Waals surface area contributed by atoms with Crippen LogP contribution >= 0.6 is 0 Å². The van der Waals surface area contributed by atoms with Crippen molar-refractivity contribution in [3.05, 3.63) is 67.0 Å². The van der Waals surface area contributed by atoms with Crippen molar-refractivity contribution in [2.24, 2.45) is 0 Å². The van der Waals surface area contributed by atoms with Crippen LogP contribution in [0.25, 0.3) is 5.69 Å². The van der Waals surface area contributed by atoms with Gasteiger partial charge in [-0.2, -0.15) is 5.10 Å². The summed E-state index contributed by atoms with van der Waals surface area (Å²) in [6, 6.07) is 9.58. The zero-order valence-electron chi connectivity index (χ0n) is 14.3. The van der Waals surface area contributed by atoms with Gasteiger partial charge in [0.2, 0.25) is 0 Å². The van der Waals surface area contributed by atoms with Gasteiger partial charge in [0, 0.05) is 37.4 Å². The summed E-state index contributed by atoms with van der Waals surface area (Å²) in [6.07, 6.45) is 8.97. The van der Waals surface area contributed by atoms with E-state index < -0.39 is 0 Å². The highest BCUT2D eigenvalue weighted by molar-refractivity contribution is 5.74. The molecule has 0 aliphatic rings. The molecule has 7 nitrogen and oxygen atoms in total. The average molecular weight is 338 g/mol. The van der Waals surface area contributed by atoms with Gasteiger partial charge in [-0.05, 0) is 37.6 Å². The summed E-state index contributed by atoms with van der Waals surface area (Å²) >= 11 is 0. The molecule has 3 aromatic rings. The van der Waals surface area contributed by atoms with Crippen LogP contribution in [0.5, 0.6) is 0 Å². The molecule has 2 heterocycles. The lowest BCUT2D eigenvalue weighted by atomic mass is 10.1. The molecule has 0 aliphatic heterocycles. The second kappa shape index (κ2) is 7.65. The van der Waals surface area contributed by atoms with Crippen LogP contribution in [0.15, 0.2) is 61.4 Å². The van der Waals surface area contributed by atoms with E-state index in [2.05, 4.69) is 20.7 Å². The highest BCUT2D eigenvalue weighted by Gasteiger charge is 2.12. The van der Waals surface area contributed by atoms with Crippen LogP contribution in [0.2, 0.25) is 0 Å². The fraction of sp³-hybridized carbons (Fsp3) is 0.278. The van der Waals surface area contributed by atoms with Crippen LogP contribution in [0.3, 0.4) is 0 Å². The molecule has 25 heavy (non-hydrogen) atoms. The van der Waals surface area contributed by atoms with Gasteiger partial charge in [-0.1, -0.05) is 12.1 Å². The number of benzene rings is 1. The lowest BCUT2D eigenvalue weighted by molar-refractivity contribution is 0.233. The first-order valence-corrected chi connectivity index (χ1v) is 8.24. The summed E-state index contributed by atoms with van der Waals surface area (Å²) in [5, 5.41) is 10.1. The maximum Gasteiger partial charge on any atom is 0.315 e. The van der Waals surface area contributed by atoms with Crippen molar-refractivity contribution >= 4 is 6.03 Å². The highest BCUT2D eigenvalue weighted by Crippen LogP contribution is 2.15. The predicted octanol–water partition coefficient (Wildman–Crippen LogP) is 2.52. The van der Waals surface area contributed by atoms with Crippen LogP contribution < -0.4 is 10.6 Å². The maximum absolute atomic E-state index is 12.2. The molecule has 130 valence electrons. The fourth-order valence-electron chi connectivity index (χ4n) is 2.64. The smallest absolute Gasteiger partial charge is 0.315 e. The SMILES string of the molecule is C[C@H](NC(=O)N[C@@H](C)Cn1ccnc1)c1ccc(-n2cccn2)cc1. The molecule has 2 atom stereocenters. The predicted molar refractivity (Wildman–Crippen MR) is 95.3 cm³/mol. The molecule has 0 saturated heterocycles. The number of carbonyl (C=O) groups is 1. The molecule has 0 fully saturated rings. The second-order valence-electron chi connectivity index (χ2n) is 6.04. The summed E-state index contributed by atoms with van der Waals surface area (Å²) < 4.78 is 3.73. The first kappa shape index (κ1) is 16.8. The third-order valence-corrected chi connectivity index (χ3v) is 3.93. The van der Waals surface area contributed by atoms with Gasteiger partial charge >= 0.3 is 6.03 Å². The van der Waals surface area contributed by atoms with E-state index in [-0.39, 0.29) is 18.1 Å². The largest absolute Gasteiger partial charge is 0.335 e. The quantitative estimate of drug-likeness (QED) is 0.725. The van der Waals surface area contributed by atoms with E-state index in [4.69, 9.17) is 0 Å². The molecular weight excluding hydrogens is 316 g/mol. The van der Waals surface area contributed by atoms with Gasteiger partial charge in [0.15, 0.2) is 0 Å². The lowest BCUT2D eigenvalue weighted by Gasteiger charge is -2.19. The molecule has 0 spiro atoms. The van der Waals surface area contributed by atoms with E-state index in [1.165, 1.54) is 0 Å². The Morgan fingerprint density at radius 3 is 2.56 bits per heavy atom. The summed E-state index contributed by atoms with van der Waals surface area (Å²) in [5.74, 6) is 0. The number of nitrogens with one attached hydrogen (secondary N) is 2. The Labute approximate surface area is 146 Å². The Morgan fingerprint density at radius 1 is 1.12 bits per heavy atom. The van der Waals surface area contributed by atoms with Crippen molar-refractivity contribution in [2.45, 2.75) is 32.5 Å². The molecule has 0 unspecified atom stereocenters. The molecule has 1 aromatic carbocycles. The molecule has 7 heteroatoms. The molecule has 3 rings (SSSR count). The Balaban J connectivity index is 1.52. The molecule has 2 N–H and O–H groups in total. The average Bonchev–Trinajstić information content (AvgIpc) is 3.28. The summed E-state index contributed by atoms with van der Waals surface area (Å²) in [6.45, 7) is 4.60. The Hall–Kier alpha value is -3.09. The molecule has 0 radical (unpaired) electrons. The summed E-state index contributed by atoms with van der Waals surface area (Å²) in [4.78, 5) is 16.2. The van der Waals surface area contributed by atoms with Crippen molar-refractivity contribution in [3.63, 3.8) is 0 Å². The first-order chi connectivity index (χ1) is 12.1. The van der Waals surface area contributed by atoms with Crippen LogP contribution in [-0.2, 0) is 6.54 Å². The van der Waals surface area contributed by atoms with Gasteiger partial charge in [0.05, 0.1) is 18.1 Å². The van der Waals surface area contributed by atoms with Gasteiger partial charge in [-0.25, -0.2) is 14.5 Å². The molecule has 2 aromatic heterocycles. The number of hydrogen-bond donors (Lipinski definition) is 2. The van der Waals surface area contributed by atoms with E-state index in [0.29, 0.717) is 6.54 Å². The van der Waals surface area contributed by atoms with Crippen molar-refractivity contribution in [2.75, 3.05) is 0 Å². The third-order valence-electron chi connectivity index (χ3n) is 3.93. The van der Waals surface area contributed by atoms with E-state index in [1.807, 2.05) is 61.1 Å². The number of amides is 2. The van der Waals surface area contributed by atoms with Gasteiger partial charge in [0.25, 0.3) is 0 Å². The summed E-state index contributed by atoms with van der Waals surface area (Å²) in [7, 11) is 0. The number of urea groups is 1. The van der Waals surface area contributed by atoms with E-state index in [1.54, 1.807) is 23.4 Å². The number of rotatable bonds is 6. The zero-order chi connectivity index (χ0) is 17.6. The summed E-state index contributed by atoms with van der Waals surface area (Å²) in [5.41, 5.74) is 2.02. The molecule has 0 aliphatic carbocycles. The van der Waals surface area contributed by atoms with Crippen LogP contribution in [-0.4, -0.2) is 31.4 Å². The normalized spacial score (nSPS) is 13.2. The Bertz CT molecular complexity index is 780. The number of imidazole rings is 1. The van der Waals surface area contributed by atoms with E-state index in [9.17, 15) is 4.79 Å². The van der Waals surface area contributed by atoms with Crippen LogP contribution in [0.4, 0.5) is 4.79 Å². The molecule has 0 saturated carbocycles. The maximum atomic E-state index is 12.2. The number of hydrogen-bond acceptors (Lipinski definition) is 3. The number of nitrogens with zero attached hydrogens (tertiary/aromatic N) is 4. The van der Waals surface area contributed by atoms with Crippen molar-refractivity contribution in [1.82, 2.24) is 30.0 Å². The van der Waals surface area contributed by atoms with Gasteiger partial charge in [0.1, 0.15) is 0 Å². The minimum atomic E-state index is -0.184. The fourth-order valence-corrected chi connectivity index (χ4v) is 2.64. The van der Waals surface area contributed by atoms with Crippen LogP contribution in [0.1, 0.15) is 25.5 Å². The standard InChI is InChI=1S/C18H22N6O/c1-14(12-23-11-9-19-13-23)21-18(25)22-15(2)16-4-6-17(7-5-16)24-10-3-8-20-24/h3-11,13-15H,12H2,1-2H3,(H2,21,22,25)/t14-,15-/m0/s1. The van der Waals surface area contributed by atoms with Crippen LogP contribution in [0, 0.1) is 0 Å².